The number of hydrogen-bond acceptors (Lipinski definition) is 6. The standard InChI is InChI=1S/C9H10N4O3/c10-2-1-3-16-9-7(5-11)4-8(6-12-9)13(14)15/h4,6H,1-3,10H2. The molecule has 0 saturated heterocycles. The van der Waals surface area contributed by atoms with Crippen LogP contribution in [-0.4, -0.2) is 23.1 Å². The molecule has 1 rings (SSSR count). The summed E-state index contributed by atoms with van der Waals surface area (Å²) in [5.74, 6) is 0.0987. The SMILES string of the molecule is N#Cc1cc([N+](=O)[O-])cnc1OCCCN. The smallest absolute Gasteiger partial charge is 0.289 e. The normalized spacial score (nSPS) is 9.50. The molecule has 0 saturated carbocycles. The van der Waals surface area contributed by atoms with Crippen LogP contribution in [0.1, 0.15) is 12.0 Å². The summed E-state index contributed by atoms with van der Waals surface area (Å²) in [6.45, 7) is 0.796. The van der Waals surface area contributed by atoms with E-state index in [-0.39, 0.29) is 17.1 Å². The molecule has 0 aliphatic rings. The summed E-state index contributed by atoms with van der Waals surface area (Å²) in [7, 11) is 0. The molecule has 0 amide bonds. The van der Waals surface area contributed by atoms with Crippen LogP contribution < -0.4 is 10.5 Å². The topological polar surface area (TPSA) is 115 Å². The average molecular weight is 222 g/mol. The predicted molar refractivity (Wildman–Crippen MR) is 54.8 cm³/mol. The van der Waals surface area contributed by atoms with E-state index >= 15 is 0 Å². The Morgan fingerprint density at radius 2 is 2.44 bits per heavy atom. The lowest BCUT2D eigenvalue weighted by Crippen LogP contribution is -2.07. The minimum Gasteiger partial charge on any atom is -0.477 e. The molecule has 0 bridgehead atoms. The summed E-state index contributed by atoms with van der Waals surface area (Å²) >= 11 is 0. The molecule has 16 heavy (non-hydrogen) atoms. The van der Waals surface area contributed by atoms with Gasteiger partial charge in [-0.25, -0.2) is 4.98 Å². The van der Waals surface area contributed by atoms with Crippen molar-refractivity contribution in [3.8, 4) is 11.9 Å². The van der Waals surface area contributed by atoms with E-state index in [1.54, 1.807) is 6.07 Å². The molecule has 0 radical (unpaired) electrons. The maximum absolute atomic E-state index is 10.4. The van der Waals surface area contributed by atoms with Crippen LogP contribution in [-0.2, 0) is 0 Å². The first-order valence-corrected chi connectivity index (χ1v) is 4.56. The van der Waals surface area contributed by atoms with Gasteiger partial charge in [-0.05, 0) is 13.0 Å². The monoisotopic (exact) mass is 222 g/mol. The minimum atomic E-state index is -0.614. The Hall–Kier alpha value is -2.20. The highest BCUT2D eigenvalue weighted by Gasteiger charge is 2.12. The first-order valence-electron chi connectivity index (χ1n) is 4.56. The van der Waals surface area contributed by atoms with Crippen molar-refractivity contribution < 1.29 is 9.66 Å². The van der Waals surface area contributed by atoms with Crippen LogP contribution in [0, 0.1) is 21.4 Å². The average Bonchev–Trinajstić information content (AvgIpc) is 2.29. The summed E-state index contributed by atoms with van der Waals surface area (Å²) in [6, 6.07) is 2.92. The van der Waals surface area contributed by atoms with Crippen molar-refractivity contribution >= 4 is 5.69 Å². The molecule has 0 aromatic carbocycles. The van der Waals surface area contributed by atoms with Crippen LogP contribution >= 0.6 is 0 Å². The van der Waals surface area contributed by atoms with E-state index in [1.807, 2.05) is 0 Å². The molecule has 0 fully saturated rings. The fourth-order valence-corrected chi connectivity index (χ4v) is 0.988. The maximum atomic E-state index is 10.4. The van der Waals surface area contributed by atoms with E-state index in [2.05, 4.69) is 4.98 Å². The number of aromatic nitrogens is 1. The van der Waals surface area contributed by atoms with Gasteiger partial charge in [0.1, 0.15) is 17.8 Å². The van der Waals surface area contributed by atoms with E-state index < -0.39 is 4.92 Å². The van der Waals surface area contributed by atoms with Crippen molar-refractivity contribution in [3.63, 3.8) is 0 Å². The highest BCUT2D eigenvalue weighted by Crippen LogP contribution is 2.19. The summed E-state index contributed by atoms with van der Waals surface area (Å²) in [4.78, 5) is 13.5. The Labute approximate surface area is 91.6 Å². The quantitative estimate of drug-likeness (QED) is 0.442. The first kappa shape index (κ1) is 11.9. The fourth-order valence-electron chi connectivity index (χ4n) is 0.988. The number of ether oxygens (including phenoxy) is 1. The zero-order valence-electron chi connectivity index (χ0n) is 8.42. The van der Waals surface area contributed by atoms with Gasteiger partial charge in [0.2, 0.25) is 5.88 Å². The molecule has 7 heteroatoms. The lowest BCUT2D eigenvalue weighted by molar-refractivity contribution is -0.385. The Bertz CT molecular complexity index is 427. The summed E-state index contributed by atoms with van der Waals surface area (Å²) in [5, 5.41) is 19.2. The number of nitro groups is 1. The van der Waals surface area contributed by atoms with Gasteiger partial charge in [0.15, 0.2) is 0 Å². The summed E-state index contributed by atoms with van der Waals surface area (Å²) in [6.07, 6.45) is 1.68. The third kappa shape index (κ3) is 2.90. The van der Waals surface area contributed by atoms with Gasteiger partial charge in [-0.15, -0.1) is 0 Å². The fraction of sp³-hybridized carbons (Fsp3) is 0.333. The van der Waals surface area contributed by atoms with Crippen LogP contribution in [0.4, 0.5) is 5.69 Å². The molecule has 1 aromatic rings. The lowest BCUT2D eigenvalue weighted by Gasteiger charge is -2.04. The highest BCUT2D eigenvalue weighted by atomic mass is 16.6. The van der Waals surface area contributed by atoms with E-state index in [1.165, 1.54) is 0 Å². The Morgan fingerprint density at radius 1 is 1.69 bits per heavy atom. The van der Waals surface area contributed by atoms with E-state index in [9.17, 15) is 10.1 Å². The van der Waals surface area contributed by atoms with Gasteiger partial charge in [-0.1, -0.05) is 0 Å². The van der Waals surface area contributed by atoms with E-state index in [0.717, 1.165) is 12.3 Å². The van der Waals surface area contributed by atoms with Gasteiger partial charge in [-0.3, -0.25) is 10.1 Å². The zero-order chi connectivity index (χ0) is 12.0. The largest absolute Gasteiger partial charge is 0.477 e. The van der Waals surface area contributed by atoms with Crippen molar-refractivity contribution in [1.82, 2.24) is 4.98 Å². The van der Waals surface area contributed by atoms with Gasteiger partial charge in [0, 0.05) is 6.07 Å². The Morgan fingerprint density at radius 3 is 3.00 bits per heavy atom. The Kier molecular flexibility index (Phi) is 4.17. The summed E-state index contributed by atoms with van der Waals surface area (Å²) in [5.41, 5.74) is 5.09. The number of rotatable bonds is 5. The van der Waals surface area contributed by atoms with E-state index in [0.29, 0.717) is 19.6 Å². The number of pyridine rings is 1. The second-order valence-electron chi connectivity index (χ2n) is 2.91. The van der Waals surface area contributed by atoms with Crippen molar-refractivity contribution in [3.05, 3.63) is 27.9 Å². The molecule has 2 N–H and O–H groups in total. The second kappa shape index (κ2) is 5.63. The maximum Gasteiger partial charge on any atom is 0.289 e. The highest BCUT2D eigenvalue weighted by molar-refractivity contribution is 5.44. The predicted octanol–water partition coefficient (Wildman–Crippen LogP) is 0.589. The molecule has 0 atom stereocenters. The molecule has 84 valence electrons. The van der Waals surface area contributed by atoms with Crippen LogP contribution in [0.3, 0.4) is 0 Å². The van der Waals surface area contributed by atoms with Gasteiger partial charge < -0.3 is 10.5 Å². The van der Waals surface area contributed by atoms with Crippen molar-refractivity contribution in [1.29, 1.82) is 5.26 Å². The van der Waals surface area contributed by atoms with Gasteiger partial charge >= 0.3 is 0 Å². The third-order valence-electron chi connectivity index (χ3n) is 1.76. The molecule has 7 nitrogen and oxygen atoms in total. The minimum absolute atomic E-state index is 0.0474. The van der Waals surface area contributed by atoms with Crippen LogP contribution in [0.5, 0.6) is 5.88 Å². The van der Waals surface area contributed by atoms with Gasteiger partial charge in [0.25, 0.3) is 5.69 Å². The number of nitriles is 1. The van der Waals surface area contributed by atoms with Gasteiger partial charge in [-0.2, -0.15) is 5.26 Å². The molecule has 0 aliphatic heterocycles. The first-order chi connectivity index (χ1) is 7.69. The number of nitrogens with zero attached hydrogens (tertiary/aromatic N) is 3. The zero-order valence-corrected chi connectivity index (χ0v) is 8.42. The molecule has 0 unspecified atom stereocenters. The molecule has 0 spiro atoms. The molecule has 1 heterocycles. The molecular weight excluding hydrogens is 212 g/mol. The van der Waals surface area contributed by atoms with Crippen molar-refractivity contribution in [2.45, 2.75) is 6.42 Å². The number of hydrogen-bond donors (Lipinski definition) is 1. The van der Waals surface area contributed by atoms with Crippen LogP contribution in [0.25, 0.3) is 0 Å². The van der Waals surface area contributed by atoms with Gasteiger partial charge in [0.05, 0.1) is 11.5 Å². The lowest BCUT2D eigenvalue weighted by atomic mass is 10.3. The number of nitrogens with two attached hydrogens (primary N) is 1. The second-order valence-corrected chi connectivity index (χ2v) is 2.91. The third-order valence-corrected chi connectivity index (χ3v) is 1.76. The molecule has 1 aromatic heterocycles. The van der Waals surface area contributed by atoms with Crippen LogP contribution in [0.15, 0.2) is 12.3 Å². The Balaban J connectivity index is 2.86. The molecular formula is C9H10N4O3. The van der Waals surface area contributed by atoms with Crippen molar-refractivity contribution in [2.75, 3.05) is 13.2 Å². The van der Waals surface area contributed by atoms with Crippen molar-refractivity contribution in [2.24, 2.45) is 5.73 Å². The molecule has 0 aliphatic carbocycles. The van der Waals surface area contributed by atoms with E-state index in [4.69, 9.17) is 15.7 Å². The summed E-state index contributed by atoms with van der Waals surface area (Å²) < 4.78 is 5.17. The van der Waals surface area contributed by atoms with Crippen LogP contribution in [0.2, 0.25) is 0 Å².